The predicted octanol–water partition coefficient (Wildman–Crippen LogP) is 2.20. The van der Waals surface area contributed by atoms with E-state index in [9.17, 15) is 10.1 Å². The lowest BCUT2D eigenvalue weighted by atomic mass is 10.0. The third kappa shape index (κ3) is 4.29. The van der Waals surface area contributed by atoms with Gasteiger partial charge in [0.15, 0.2) is 0 Å². The SMILES string of the molecule is CCCC(CCO)CNc1ncccc1[N+](=O)[O-]. The first-order chi connectivity index (χ1) is 8.69. The average molecular weight is 253 g/mol. The van der Waals surface area contributed by atoms with Gasteiger partial charge in [-0.2, -0.15) is 0 Å². The maximum absolute atomic E-state index is 10.8. The molecule has 0 radical (unpaired) electrons. The van der Waals surface area contributed by atoms with Gasteiger partial charge in [-0.15, -0.1) is 0 Å². The molecule has 0 fully saturated rings. The highest BCUT2D eigenvalue weighted by Gasteiger charge is 2.15. The lowest BCUT2D eigenvalue weighted by Crippen LogP contribution is -2.17. The summed E-state index contributed by atoms with van der Waals surface area (Å²) in [6.45, 7) is 2.80. The Morgan fingerprint density at radius 1 is 1.56 bits per heavy atom. The quantitative estimate of drug-likeness (QED) is 0.547. The molecule has 1 heterocycles. The number of anilines is 1. The van der Waals surface area contributed by atoms with Gasteiger partial charge < -0.3 is 10.4 Å². The molecule has 0 aliphatic carbocycles. The second-order valence-electron chi connectivity index (χ2n) is 4.18. The molecule has 6 heteroatoms. The van der Waals surface area contributed by atoms with Crippen molar-refractivity contribution in [2.24, 2.45) is 5.92 Å². The van der Waals surface area contributed by atoms with Crippen LogP contribution in [0.1, 0.15) is 26.2 Å². The van der Waals surface area contributed by atoms with Crippen LogP contribution in [-0.4, -0.2) is 28.2 Å². The predicted molar refractivity (Wildman–Crippen MR) is 69.5 cm³/mol. The van der Waals surface area contributed by atoms with E-state index in [2.05, 4.69) is 17.2 Å². The van der Waals surface area contributed by atoms with Crippen molar-refractivity contribution in [2.45, 2.75) is 26.2 Å². The molecule has 1 aromatic heterocycles. The van der Waals surface area contributed by atoms with E-state index >= 15 is 0 Å². The van der Waals surface area contributed by atoms with Crippen LogP contribution in [0.3, 0.4) is 0 Å². The van der Waals surface area contributed by atoms with E-state index in [1.54, 1.807) is 6.07 Å². The largest absolute Gasteiger partial charge is 0.396 e. The normalized spacial score (nSPS) is 12.1. The fourth-order valence-corrected chi connectivity index (χ4v) is 1.86. The van der Waals surface area contributed by atoms with Crippen molar-refractivity contribution < 1.29 is 10.0 Å². The minimum Gasteiger partial charge on any atom is -0.396 e. The molecule has 0 bridgehead atoms. The van der Waals surface area contributed by atoms with Gasteiger partial charge >= 0.3 is 5.69 Å². The molecule has 1 aromatic rings. The standard InChI is InChI=1S/C12H19N3O3/c1-2-4-10(6-8-16)9-14-12-11(15(17)18)5-3-7-13-12/h3,5,7,10,16H,2,4,6,8-9H2,1H3,(H,13,14). The molecule has 2 N–H and O–H groups in total. The zero-order valence-electron chi connectivity index (χ0n) is 10.5. The van der Waals surface area contributed by atoms with Crippen molar-refractivity contribution in [3.63, 3.8) is 0 Å². The first kappa shape index (κ1) is 14.4. The van der Waals surface area contributed by atoms with Gasteiger partial charge in [0, 0.05) is 25.4 Å². The summed E-state index contributed by atoms with van der Waals surface area (Å²) in [6.07, 6.45) is 4.22. The van der Waals surface area contributed by atoms with Crippen LogP contribution in [-0.2, 0) is 0 Å². The lowest BCUT2D eigenvalue weighted by molar-refractivity contribution is -0.384. The average Bonchev–Trinajstić information content (AvgIpc) is 2.36. The molecule has 0 aliphatic rings. The summed E-state index contributed by atoms with van der Waals surface area (Å²) >= 11 is 0. The van der Waals surface area contributed by atoms with Crippen molar-refractivity contribution in [2.75, 3.05) is 18.5 Å². The van der Waals surface area contributed by atoms with E-state index < -0.39 is 4.92 Å². The zero-order valence-corrected chi connectivity index (χ0v) is 10.5. The van der Waals surface area contributed by atoms with Crippen LogP contribution < -0.4 is 5.32 Å². The molecule has 0 saturated heterocycles. The minimum absolute atomic E-state index is 0.0169. The lowest BCUT2D eigenvalue weighted by Gasteiger charge is -2.15. The van der Waals surface area contributed by atoms with Crippen LogP contribution in [0.5, 0.6) is 0 Å². The van der Waals surface area contributed by atoms with Gasteiger partial charge in [-0.1, -0.05) is 13.3 Å². The molecule has 1 rings (SSSR count). The molecule has 0 amide bonds. The van der Waals surface area contributed by atoms with Crippen molar-refractivity contribution in [3.05, 3.63) is 28.4 Å². The maximum atomic E-state index is 10.8. The molecule has 0 aliphatic heterocycles. The Hall–Kier alpha value is -1.69. The zero-order chi connectivity index (χ0) is 13.4. The Labute approximate surface area is 106 Å². The van der Waals surface area contributed by atoms with Crippen LogP contribution in [0.15, 0.2) is 18.3 Å². The number of nitrogens with zero attached hydrogens (tertiary/aromatic N) is 2. The number of rotatable bonds is 8. The summed E-state index contributed by atoms with van der Waals surface area (Å²) in [5.41, 5.74) is -0.0169. The molecule has 18 heavy (non-hydrogen) atoms. The number of nitrogens with one attached hydrogen (secondary N) is 1. The van der Waals surface area contributed by atoms with Gasteiger partial charge in [0.05, 0.1) is 4.92 Å². The molecular weight excluding hydrogens is 234 g/mol. The third-order valence-corrected chi connectivity index (χ3v) is 2.78. The van der Waals surface area contributed by atoms with Crippen molar-refractivity contribution >= 4 is 11.5 Å². The van der Waals surface area contributed by atoms with E-state index in [1.807, 2.05) is 0 Å². The van der Waals surface area contributed by atoms with E-state index in [1.165, 1.54) is 12.3 Å². The van der Waals surface area contributed by atoms with Crippen molar-refractivity contribution in [1.29, 1.82) is 0 Å². The van der Waals surface area contributed by atoms with Crippen LogP contribution in [0, 0.1) is 16.0 Å². The fourth-order valence-electron chi connectivity index (χ4n) is 1.86. The number of aliphatic hydroxyl groups is 1. The van der Waals surface area contributed by atoms with Gasteiger partial charge in [-0.05, 0) is 24.8 Å². The summed E-state index contributed by atoms with van der Waals surface area (Å²) in [4.78, 5) is 14.3. The fraction of sp³-hybridized carbons (Fsp3) is 0.583. The van der Waals surface area contributed by atoms with Gasteiger partial charge in [-0.3, -0.25) is 10.1 Å². The maximum Gasteiger partial charge on any atom is 0.311 e. The molecule has 0 spiro atoms. The van der Waals surface area contributed by atoms with Crippen LogP contribution in [0.4, 0.5) is 11.5 Å². The van der Waals surface area contributed by atoms with E-state index in [4.69, 9.17) is 5.11 Å². The highest BCUT2D eigenvalue weighted by molar-refractivity contribution is 5.54. The third-order valence-electron chi connectivity index (χ3n) is 2.78. The summed E-state index contributed by atoms with van der Waals surface area (Å²) in [5.74, 6) is 0.600. The molecular formula is C12H19N3O3. The van der Waals surface area contributed by atoms with E-state index in [-0.39, 0.29) is 12.3 Å². The van der Waals surface area contributed by atoms with Crippen molar-refractivity contribution in [1.82, 2.24) is 4.98 Å². The van der Waals surface area contributed by atoms with E-state index in [0.29, 0.717) is 24.7 Å². The minimum atomic E-state index is -0.448. The molecule has 6 nitrogen and oxygen atoms in total. The first-order valence-corrected chi connectivity index (χ1v) is 6.13. The summed E-state index contributed by atoms with van der Waals surface area (Å²) in [6, 6.07) is 2.97. The number of hydrogen-bond acceptors (Lipinski definition) is 5. The van der Waals surface area contributed by atoms with Crippen LogP contribution in [0.2, 0.25) is 0 Å². The monoisotopic (exact) mass is 253 g/mol. The Balaban J connectivity index is 2.63. The van der Waals surface area contributed by atoms with E-state index in [0.717, 1.165) is 12.8 Å². The summed E-state index contributed by atoms with van der Waals surface area (Å²) in [7, 11) is 0. The smallest absolute Gasteiger partial charge is 0.311 e. The summed E-state index contributed by atoms with van der Waals surface area (Å²) in [5, 5.41) is 22.8. The number of pyridine rings is 1. The molecule has 1 atom stereocenters. The van der Waals surface area contributed by atoms with Gasteiger partial charge in [0.1, 0.15) is 0 Å². The van der Waals surface area contributed by atoms with Gasteiger partial charge in [-0.25, -0.2) is 4.98 Å². The number of nitro groups is 1. The highest BCUT2D eigenvalue weighted by atomic mass is 16.6. The molecule has 100 valence electrons. The molecule has 1 unspecified atom stereocenters. The van der Waals surface area contributed by atoms with Crippen LogP contribution >= 0.6 is 0 Å². The first-order valence-electron chi connectivity index (χ1n) is 6.13. The van der Waals surface area contributed by atoms with Crippen LogP contribution in [0.25, 0.3) is 0 Å². The number of hydrogen-bond donors (Lipinski definition) is 2. The number of aliphatic hydroxyl groups excluding tert-OH is 1. The van der Waals surface area contributed by atoms with Gasteiger partial charge in [0.2, 0.25) is 5.82 Å². The topological polar surface area (TPSA) is 88.3 Å². The summed E-state index contributed by atoms with van der Waals surface area (Å²) < 4.78 is 0. The molecule has 0 aromatic carbocycles. The van der Waals surface area contributed by atoms with Crippen molar-refractivity contribution in [3.8, 4) is 0 Å². The number of aromatic nitrogens is 1. The van der Waals surface area contributed by atoms with Gasteiger partial charge in [0.25, 0.3) is 0 Å². The highest BCUT2D eigenvalue weighted by Crippen LogP contribution is 2.21. The Morgan fingerprint density at radius 2 is 2.33 bits per heavy atom. The Morgan fingerprint density at radius 3 is 2.94 bits per heavy atom. The molecule has 0 saturated carbocycles. The second kappa shape index (κ2) is 7.60. The second-order valence-corrected chi connectivity index (χ2v) is 4.18. The Kier molecular flexibility index (Phi) is 6.07. The Bertz CT molecular complexity index is 379.